The lowest BCUT2D eigenvalue weighted by Crippen LogP contribution is -1.76. The summed E-state index contributed by atoms with van der Waals surface area (Å²) in [5.41, 5.74) is 0. The predicted molar refractivity (Wildman–Crippen MR) is 38.3 cm³/mol. The van der Waals surface area contributed by atoms with Crippen molar-refractivity contribution < 1.29 is 0 Å². The van der Waals surface area contributed by atoms with Crippen molar-refractivity contribution in [2.45, 2.75) is 0 Å². The number of nitrogens with zero attached hydrogens (tertiary/aromatic N) is 2. The Hall–Kier alpha value is -0.680. The van der Waals surface area contributed by atoms with Gasteiger partial charge in [0.15, 0.2) is 3.95 Å². The maximum atomic E-state index is 4.87. The van der Waals surface area contributed by atoms with Crippen molar-refractivity contribution in [2.24, 2.45) is 0 Å². The van der Waals surface area contributed by atoms with Crippen LogP contribution in [0, 0.1) is 3.95 Å². The summed E-state index contributed by atoms with van der Waals surface area (Å²) in [5, 5.41) is 2.93. The van der Waals surface area contributed by atoms with Crippen LogP contribution in [0.4, 0.5) is 0 Å². The van der Waals surface area contributed by atoms with E-state index in [0.717, 1.165) is 8.92 Å². The van der Waals surface area contributed by atoms with Crippen molar-refractivity contribution in [3.05, 3.63) is 16.3 Å². The quantitative estimate of drug-likeness (QED) is 0.587. The fraction of sp³-hybridized carbons (Fsp3) is 0. The zero-order valence-corrected chi connectivity index (χ0v) is 6.00. The molecule has 0 aromatic carbocycles. The first kappa shape index (κ1) is 5.13. The molecule has 2 aromatic heterocycles. The Labute approximate surface area is 60.0 Å². The molecule has 0 unspecified atom stereocenters. The molecule has 0 aliphatic heterocycles. The monoisotopic (exact) mass is 157 g/mol. The van der Waals surface area contributed by atoms with Gasteiger partial charge in [0.1, 0.15) is 0 Å². The molecule has 0 fully saturated rings. The van der Waals surface area contributed by atoms with Gasteiger partial charge in [-0.2, -0.15) is 0 Å². The molecule has 2 rings (SSSR count). The summed E-state index contributed by atoms with van der Waals surface area (Å²) < 4.78 is 2.56. The molecule has 0 aliphatic rings. The summed E-state index contributed by atoms with van der Waals surface area (Å²) in [7, 11) is 0. The van der Waals surface area contributed by atoms with E-state index < -0.39 is 0 Å². The standard InChI is InChI=1S/C4H3N3S2/c8-4-6-7-2-1-5-3(7)9-4/h1-2H,(H,6,8). The third kappa shape index (κ3) is 0.691. The summed E-state index contributed by atoms with van der Waals surface area (Å²) >= 11 is 6.34. The average molecular weight is 157 g/mol. The largest absolute Gasteiger partial charge is 0.273 e. The van der Waals surface area contributed by atoms with E-state index in [1.165, 1.54) is 11.3 Å². The highest BCUT2D eigenvalue weighted by Crippen LogP contribution is 2.06. The molecule has 0 aliphatic carbocycles. The molecule has 2 aromatic rings. The minimum Gasteiger partial charge on any atom is -0.273 e. The first-order valence-corrected chi connectivity index (χ1v) is 3.61. The highest BCUT2D eigenvalue weighted by molar-refractivity contribution is 7.73. The van der Waals surface area contributed by atoms with Crippen molar-refractivity contribution >= 4 is 28.5 Å². The second-order valence-electron chi connectivity index (χ2n) is 1.58. The lowest BCUT2D eigenvalue weighted by Gasteiger charge is -1.73. The zero-order chi connectivity index (χ0) is 6.27. The minimum atomic E-state index is 0.762. The van der Waals surface area contributed by atoms with Crippen LogP contribution in [-0.4, -0.2) is 14.6 Å². The van der Waals surface area contributed by atoms with Crippen LogP contribution >= 0.6 is 23.6 Å². The average Bonchev–Trinajstić information content (AvgIpc) is 2.22. The number of hydrogen-bond acceptors (Lipinski definition) is 3. The smallest absolute Gasteiger partial charge is 0.211 e. The van der Waals surface area contributed by atoms with Crippen molar-refractivity contribution in [2.75, 3.05) is 0 Å². The molecule has 0 saturated heterocycles. The third-order valence-electron chi connectivity index (χ3n) is 1.00. The fourth-order valence-corrected chi connectivity index (χ4v) is 1.60. The Morgan fingerprint density at radius 2 is 2.67 bits per heavy atom. The number of imidazole rings is 1. The Morgan fingerprint density at radius 1 is 1.78 bits per heavy atom. The third-order valence-corrected chi connectivity index (χ3v) is 2.11. The van der Waals surface area contributed by atoms with Crippen LogP contribution in [0.2, 0.25) is 0 Å². The number of aromatic amines is 1. The molecule has 0 bridgehead atoms. The maximum Gasteiger partial charge on any atom is 0.211 e. The molecule has 0 atom stereocenters. The maximum absolute atomic E-state index is 4.87. The van der Waals surface area contributed by atoms with Crippen LogP contribution in [0.25, 0.3) is 4.96 Å². The van der Waals surface area contributed by atoms with Gasteiger partial charge in [-0.25, -0.2) is 9.50 Å². The van der Waals surface area contributed by atoms with Gasteiger partial charge in [0.25, 0.3) is 0 Å². The Bertz CT molecular complexity index is 336. The first-order valence-electron chi connectivity index (χ1n) is 2.38. The van der Waals surface area contributed by atoms with E-state index in [0.29, 0.717) is 0 Å². The SMILES string of the molecule is S=c1[nH]n2ccnc2s1. The molecule has 46 valence electrons. The zero-order valence-electron chi connectivity index (χ0n) is 4.37. The Kier molecular flexibility index (Phi) is 0.940. The molecule has 0 radical (unpaired) electrons. The fourth-order valence-electron chi connectivity index (χ4n) is 0.654. The van der Waals surface area contributed by atoms with Gasteiger partial charge in [-0.1, -0.05) is 11.3 Å². The van der Waals surface area contributed by atoms with Crippen molar-refractivity contribution in [3.63, 3.8) is 0 Å². The number of H-pyrrole nitrogens is 1. The van der Waals surface area contributed by atoms with Gasteiger partial charge < -0.3 is 0 Å². The first-order chi connectivity index (χ1) is 4.36. The van der Waals surface area contributed by atoms with Gasteiger partial charge in [0, 0.05) is 12.4 Å². The van der Waals surface area contributed by atoms with E-state index in [-0.39, 0.29) is 0 Å². The lowest BCUT2D eigenvalue weighted by atomic mass is 11.0. The van der Waals surface area contributed by atoms with Gasteiger partial charge in [0.2, 0.25) is 4.96 Å². The Morgan fingerprint density at radius 3 is 3.44 bits per heavy atom. The molecule has 2 heterocycles. The normalized spacial score (nSPS) is 10.7. The summed E-state index contributed by atoms with van der Waals surface area (Å²) in [5.74, 6) is 0. The van der Waals surface area contributed by atoms with Crippen LogP contribution in [-0.2, 0) is 0 Å². The van der Waals surface area contributed by atoms with Gasteiger partial charge in [0.05, 0.1) is 0 Å². The molecule has 3 nitrogen and oxygen atoms in total. The minimum absolute atomic E-state index is 0.762. The number of hydrogen-bond donors (Lipinski definition) is 1. The van der Waals surface area contributed by atoms with Crippen molar-refractivity contribution in [3.8, 4) is 0 Å². The number of aromatic nitrogens is 3. The Balaban J connectivity index is 3.08. The van der Waals surface area contributed by atoms with E-state index in [4.69, 9.17) is 12.2 Å². The molecule has 0 spiro atoms. The van der Waals surface area contributed by atoms with Crippen molar-refractivity contribution in [1.82, 2.24) is 14.6 Å². The van der Waals surface area contributed by atoms with Crippen LogP contribution < -0.4 is 0 Å². The van der Waals surface area contributed by atoms with E-state index in [1.54, 1.807) is 10.7 Å². The second kappa shape index (κ2) is 1.65. The number of fused-ring (bicyclic) bond motifs is 1. The molecule has 0 amide bonds. The number of rotatable bonds is 0. The molecular weight excluding hydrogens is 154 g/mol. The highest BCUT2D eigenvalue weighted by atomic mass is 32.1. The highest BCUT2D eigenvalue weighted by Gasteiger charge is 1.92. The molecule has 0 saturated carbocycles. The summed E-state index contributed by atoms with van der Waals surface area (Å²) in [6.07, 6.45) is 3.57. The number of nitrogens with one attached hydrogen (secondary N) is 1. The molecule has 5 heteroatoms. The van der Waals surface area contributed by atoms with Crippen LogP contribution in [0.1, 0.15) is 0 Å². The molecular formula is C4H3N3S2. The van der Waals surface area contributed by atoms with Gasteiger partial charge in [-0.05, 0) is 12.2 Å². The van der Waals surface area contributed by atoms with E-state index >= 15 is 0 Å². The predicted octanol–water partition coefficient (Wildman–Crippen LogP) is 1.45. The van der Waals surface area contributed by atoms with E-state index in [9.17, 15) is 0 Å². The summed E-state index contributed by atoms with van der Waals surface area (Å²) in [6.45, 7) is 0. The second-order valence-corrected chi connectivity index (χ2v) is 3.23. The lowest BCUT2D eigenvalue weighted by molar-refractivity contribution is 0.965. The van der Waals surface area contributed by atoms with Crippen LogP contribution in [0.15, 0.2) is 12.4 Å². The van der Waals surface area contributed by atoms with Crippen LogP contribution in [0.3, 0.4) is 0 Å². The topological polar surface area (TPSA) is 33.1 Å². The van der Waals surface area contributed by atoms with Crippen LogP contribution in [0.5, 0.6) is 0 Å². The molecule has 9 heavy (non-hydrogen) atoms. The summed E-state index contributed by atoms with van der Waals surface area (Å²) in [4.78, 5) is 4.94. The van der Waals surface area contributed by atoms with E-state index in [1.807, 2.05) is 6.20 Å². The van der Waals surface area contributed by atoms with Gasteiger partial charge in [-0.15, -0.1) is 0 Å². The van der Waals surface area contributed by atoms with Crippen molar-refractivity contribution in [1.29, 1.82) is 0 Å². The molecule has 1 N–H and O–H groups in total. The van der Waals surface area contributed by atoms with E-state index in [2.05, 4.69) is 10.1 Å². The summed E-state index contributed by atoms with van der Waals surface area (Å²) in [6, 6.07) is 0. The van der Waals surface area contributed by atoms with Gasteiger partial charge >= 0.3 is 0 Å². The van der Waals surface area contributed by atoms with Gasteiger partial charge in [-0.3, -0.25) is 5.10 Å².